The molecular formula is C12H24N2O2. The summed E-state index contributed by atoms with van der Waals surface area (Å²) in [4.78, 5) is 11.8. The number of rotatable bonds is 6. The molecule has 1 aliphatic rings. The molecule has 0 spiro atoms. The molecule has 3 N–H and O–H groups in total. The van der Waals surface area contributed by atoms with E-state index in [2.05, 4.69) is 24.5 Å². The van der Waals surface area contributed by atoms with Crippen LogP contribution in [0.2, 0.25) is 0 Å². The first kappa shape index (κ1) is 13.5. The van der Waals surface area contributed by atoms with Crippen molar-refractivity contribution in [2.75, 3.05) is 13.2 Å². The van der Waals surface area contributed by atoms with Gasteiger partial charge in [-0.3, -0.25) is 4.79 Å². The highest BCUT2D eigenvalue weighted by Crippen LogP contribution is 2.10. The second-order valence-corrected chi connectivity index (χ2v) is 4.93. The van der Waals surface area contributed by atoms with Crippen LogP contribution in [0.5, 0.6) is 0 Å². The fourth-order valence-electron chi connectivity index (χ4n) is 2.13. The van der Waals surface area contributed by atoms with E-state index in [0.717, 1.165) is 13.0 Å². The van der Waals surface area contributed by atoms with Gasteiger partial charge < -0.3 is 15.7 Å². The van der Waals surface area contributed by atoms with Crippen molar-refractivity contribution in [2.24, 2.45) is 5.92 Å². The Morgan fingerprint density at radius 1 is 1.56 bits per heavy atom. The van der Waals surface area contributed by atoms with Crippen LogP contribution < -0.4 is 10.6 Å². The lowest BCUT2D eigenvalue weighted by atomic mass is 10.0. The minimum absolute atomic E-state index is 0.0962. The maximum Gasteiger partial charge on any atom is 0.221 e. The van der Waals surface area contributed by atoms with Gasteiger partial charge in [0.1, 0.15) is 0 Å². The van der Waals surface area contributed by atoms with Crippen molar-refractivity contribution in [1.29, 1.82) is 0 Å². The first-order valence-corrected chi connectivity index (χ1v) is 6.27. The van der Waals surface area contributed by atoms with Gasteiger partial charge in [0.15, 0.2) is 0 Å². The first-order chi connectivity index (χ1) is 7.63. The van der Waals surface area contributed by atoms with Gasteiger partial charge in [-0.05, 0) is 31.7 Å². The molecule has 0 aliphatic carbocycles. The van der Waals surface area contributed by atoms with Crippen molar-refractivity contribution >= 4 is 5.91 Å². The van der Waals surface area contributed by atoms with Gasteiger partial charge in [0, 0.05) is 25.1 Å². The van der Waals surface area contributed by atoms with Crippen LogP contribution in [0, 0.1) is 5.92 Å². The second-order valence-electron chi connectivity index (χ2n) is 4.93. The Morgan fingerprint density at radius 3 is 2.81 bits per heavy atom. The normalized spacial score (nSPS) is 22.4. The predicted molar refractivity (Wildman–Crippen MR) is 64.1 cm³/mol. The second kappa shape index (κ2) is 6.86. The average molecular weight is 228 g/mol. The maximum absolute atomic E-state index is 11.8. The van der Waals surface area contributed by atoms with E-state index in [4.69, 9.17) is 5.11 Å². The van der Waals surface area contributed by atoms with Gasteiger partial charge in [0.25, 0.3) is 0 Å². The minimum atomic E-state index is 0.0962. The first-order valence-electron chi connectivity index (χ1n) is 6.27. The zero-order valence-corrected chi connectivity index (χ0v) is 10.3. The lowest BCUT2D eigenvalue weighted by Gasteiger charge is -2.22. The Morgan fingerprint density at radius 2 is 2.31 bits per heavy atom. The van der Waals surface area contributed by atoms with Crippen molar-refractivity contribution in [3.8, 4) is 0 Å². The number of aliphatic hydroxyl groups is 1. The van der Waals surface area contributed by atoms with E-state index < -0.39 is 0 Å². The van der Waals surface area contributed by atoms with E-state index in [0.29, 0.717) is 24.8 Å². The predicted octanol–water partition coefficient (Wildman–Crippen LogP) is 0.652. The average Bonchev–Trinajstić information content (AvgIpc) is 2.69. The molecule has 4 nitrogen and oxygen atoms in total. The van der Waals surface area contributed by atoms with E-state index in [-0.39, 0.29) is 18.6 Å². The largest absolute Gasteiger partial charge is 0.396 e. The molecule has 0 radical (unpaired) electrons. The summed E-state index contributed by atoms with van der Waals surface area (Å²) in [7, 11) is 0. The monoisotopic (exact) mass is 228 g/mol. The van der Waals surface area contributed by atoms with Gasteiger partial charge in [0.05, 0.1) is 0 Å². The van der Waals surface area contributed by atoms with E-state index >= 15 is 0 Å². The zero-order valence-electron chi connectivity index (χ0n) is 10.3. The van der Waals surface area contributed by atoms with Gasteiger partial charge in [-0.25, -0.2) is 0 Å². The van der Waals surface area contributed by atoms with Gasteiger partial charge in [0.2, 0.25) is 5.91 Å². The van der Waals surface area contributed by atoms with Crippen LogP contribution in [0.3, 0.4) is 0 Å². The van der Waals surface area contributed by atoms with E-state index in [1.54, 1.807) is 0 Å². The molecule has 1 rings (SSSR count). The molecule has 0 aromatic carbocycles. The highest BCUT2D eigenvalue weighted by molar-refractivity contribution is 5.77. The van der Waals surface area contributed by atoms with Crippen molar-refractivity contribution in [3.05, 3.63) is 0 Å². The molecule has 94 valence electrons. The SMILES string of the molecule is CC(C)C(CCO)NC(=O)CC1CCCN1. The Balaban J connectivity index is 2.29. The van der Waals surface area contributed by atoms with Crippen LogP contribution in [-0.4, -0.2) is 36.2 Å². The molecule has 1 aliphatic heterocycles. The van der Waals surface area contributed by atoms with Gasteiger partial charge >= 0.3 is 0 Å². The summed E-state index contributed by atoms with van der Waals surface area (Å²) in [6, 6.07) is 0.445. The van der Waals surface area contributed by atoms with Crippen LogP contribution in [0.1, 0.15) is 39.5 Å². The van der Waals surface area contributed by atoms with Gasteiger partial charge in [-0.15, -0.1) is 0 Å². The maximum atomic E-state index is 11.8. The molecule has 0 saturated carbocycles. The summed E-state index contributed by atoms with van der Waals surface area (Å²) in [5.41, 5.74) is 0. The van der Waals surface area contributed by atoms with Crippen molar-refractivity contribution in [1.82, 2.24) is 10.6 Å². The summed E-state index contributed by atoms with van der Waals surface area (Å²) >= 11 is 0. The molecule has 1 saturated heterocycles. The van der Waals surface area contributed by atoms with Crippen LogP contribution in [-0.2, 0) is 4.79 Å². The molecule has 16 heavy (non-hydrogen) atoms. The Labute approximate surface area is 97.8 Å². The lowest BCUT2D eigenvalue weighted by molar-refractivity contribution is -0.122. The summed E-state index contributed by atoms with van der Waals surface area (Å²) in [5, 5.41) is 15.2. The molecule has 4 heteroatoms. The highest BCUT2D eigenvalue weighted by Gasteiger charge is 2.20. The standard InChI is InChI=1S/C12H24N2O2/c1-9(2)11(5-7-15)14-12(16)8-10-4-3-6-13-10/h9-11,13,15H,3-8H2,1-2H3,(H,14,16). The van der Waals surface area contributed by atoms with Crippen molar-refractivity contribution < 1.29 is 9.90 Å². The van der Waals surface area contributed by atoms with Crippen molar-refractivity contribution in [3.63, 3.8) is 0 Å². The molecule has 1 amide bonds. The third kappa shape index (κ3) is 4.49. The molecule has 1 heterocycles. The van der Waals surface area contributed by atoms with Crippen LogP contribution in [0.15, 0.2) is 0 Å². The summed E-state index contributed by atoms with van der Waals surface area (Å²) in [6.45, 7) is 5.29. The Hall–Kier alpha value is -0.610. The minimum Gasteiger partial charge on any atom is -0.396 e. The van der Waals surface area contributed by atoms with Crippen LogP contribution >= 0.6 is 0 Å². The fourth-order valence-corrected chi connectivity index (χ4v) is 2.13. The third-order valence-corrected chi connectivity index (χ3v) is 3.19. The molecule has 0 aromatic rings. The number of nitrogens with one attached hydrogen (secondary N) is 2. The van der Waals surface area contributed by atoms with E-state index in [9.17, 15) is 4.79 Å². The topological polar surface area (TPSA) is 61.4 Å². The Bertz CT molecular complexity index is 213. The number of hydrogen-bond donors (Lipinski definition) is 3. The number of aliphatic hydroxyl groups excluding tert-OH is 1. The van der Waals surface area contributed by atoms with Crippen LogP contribution in [0.25, 0.3) is 0 Å². The van der Waals surface area contributed by atoms with Gasteiger partial charge in [-0.1, -0.05) is 13.8 Å². The molecule has 0 aromatic heterocycles. The van der Waals surface area contributed by atoms with Crippen molar-refractivity contribution in [2.45, 2.75) is 51.6 Å². The smallest absolute Gasteiger partial charge is 0.221 e. The quantitative estimate of drug-likeness (QED) is 0.625. The number of hydrogen-bond acceptors (Lipinski definition) is 3. The molecule has 2 unspecified atom stereocenters. The highest BCUT2D eigenvalue weighted by atomic mass is 16.3. The molecular weight excluding hydrogens is 204 g/mol. The summed E-state index contributed by atoms with van der Waals surface area (Å²) in [6.07, 6.45) is 3.47. The number of amides is 1. The number of carbonyl (C=O) groups is 1. The number of carbonyl (C=O) groups excluding carboxylic acids is 1. The third-order valence-electron chi connectivity index (χ3n) is 3.19. The van der Waals surface area contributed by atoms with Gasteiger partial charge in [-0.2, -0.15) is 0 Å². The summed E-state index contributed by atoms with van der Waals surface area (Å²) < 4.78 is 0. The Kier molecular flexibility index (Phi) is 5.77. The molecule has 1 fully saturated rings. The molecule has 2 atom stereocenters. The molecule has 0 bridgehead atoms. The van der Waals surface area contributed by atoms with E-state index in [1.807, 2.05) is 0 Å². The zero-order chi connectivity index (χ0) is 12.0. The lowest BCUT2D eigenvalue weighted by Crippen LogP contribution is -2.41. The summed E-state index contributed by atoms with van der Waals surface area (Å²) in [5.74, 6) is 0.471. The van der Waals surface area contributed by atoms with E-state index in [1.165, 1.54) is 6.42 Å². The van der Waals surface area contributed by atoms with Crippen LogP contribution in [0.4, 0.5) is 0 Å². The fraction of sp³-hybridized carbons (Fsp3) is 0.917.